The Hall–Kier alpha value is -0.830. The molecule has 0 heterocycles. The first-order chi connectivity index (χ1) is 7.23. The van der Waals surface area contributed by atoms with Crippen LogP contribution in [0.25, 0.3) is 0 Å². The predicted octanol–water partition coefficient (Wildman–Crippen LogP) is 4.01. The molecule has 0 aromatic heterocycles. The first-order valence-corrected chi connectivity index (χ1v) is 6.10. The van der Waals surface area contributed by atoms with Gasteiger partial charge in [0.1, 0.15) is 0 Å². The molecule has 88 valence electrons. The minimum absolute atomic E-state index is 0.0113. The Bertz CT molecular complexity index is 419. The summed E-state index contributed by atoms with van der Waals surface area (Å²) < 4.78 is 1.04. The molecule has 0 saturated heterocycles. The highest BCUT2D eigenvalue weighted by Gasteiger charge is 2.22. The van der Waals surface area contributed by atoms with Crippen LogP contribution in [-0.4, -0.2) is 5.91 Å². The Morgan fingerprint density at radius 1 is 1.31 bits per heavy atom. The van der Waals surface area contributed by atoms with Gasteiger partial charge in [-0.1, -0.05) is 42.8 Å². The second kappa shape index (κ2) is 4.58. The van der Waals surface area contributed by atoms with Crippen LogP contribution in [0, 0.1) is 6.92 Å². The molecule has 0 aliphatic heterocycles. The van der Waals surface area contributed by atoms with Crippen molar-refractivity contribution in [3.63, 3.8) is 0 Å². The summed E-state index contributed by atoms with van der Waals surface area (Å²) in [4.78, 5) is 11.2. The monoisotopic (exact) mass is 283 g/mol. The molecule has 0 saturated carbocycles. The number of anilines is 1. The fraction of sp³-hybridized carbons (Fsp3) is 0.462. The Morgan fingerprint density at radius 2 is 1.88 bits per heavy atom. The van der Waals surface area contributed by atoms with E-state index in [9.17, 15) is 4.79 Å². The van der Waals surface area contributed by atoms with Crippen molar-refractivity contribution < 1.29 is 4.79 Å². The van der Waals surface area contributed by atoms with Gasteiger partial charge in [0, 0.05) is 17.1 Å². The number of carbonyl (C=O) groups excluding carboxylic acids is 1. The van der Waals surface area contributed by atoms with Crippen molar-refractivity contribution in [1.82, 2.24) is 0 Å². The molecule has 0 spiro atoms. The molecule has 0 bridgehead atoms. The molecule has 3 heteroatoms. The van der Waals surface area contributed by atoms with Gasteiger partial charge in [-0.05, 0) is 29.5 Å². The van der Waals surface area contributed by atoms with Gasteiger partial charge in [-0.25, -0.2) is 0 Å². The van der Waals surface area contributed by atoms with E-state index < -0.39 is 0 Å². The van der Waals surface area contributed by atoms with E-state index in [0.717, 1.165) is 21.3 Å². The molecule has 0 aliphatic rings. The highest BCUT2D eigenvalue weighted by Crippen LogP contribution is 2.37. The zero-order chi connectivity index (χ0) is 12.5. The molecule has 16 heavy (non-hydrogen) atoms. The third kappa shape index (κ3) is 2.85. The Kier molecular flexibility index (Phi) is 3.79. The number of amides is 1. The fourth-order valence-corrected chi connectivity index (χ4v) is 2.68. The van der Waals surface area contributed by atoms with E-state index in [4.69, 9.17) is 0 Å². The smallest absolute Gasteiger partial charge is 0.221 e. The zero-order valence-corrected chi connectivity index (χ0v) is 12.0. The largest absolute Gasteiger partial charge is 0.326 e. The maximum absolute atomic E-state index is 11.2. The summed E-state index contributed by atoms with van der Waals surface area (Å²) in [6.07, 6.45) is 0. The average molecular weight is 284 g/mol. The van der Waals surface area contributed by atoms with Crippen molar-refractivity contribution in [2.75, 3.05) is 5.32 Å². The van der Waals surface area contributed by atoms with Gasteiger partial charge < -0.3 is 5.32 Å². The lowest BCUT2D eigenvalue weighted by molar-refractivity contribution is -0.114. The van der Waals surface area contributed by atoms with Crippen molar-refractivity contribution in [2.45, 2.75) is 40.0 Å². The van der Waals surface area contributed by atoms with Crippen LogP contribution in [0.1, 0.15) is 38.8 Å². The molecule has 1 aromatic rings. The molecule has 1 N–H and O–H groups in total. The van der Waals surface area contributed by atoms with Gasteiger partial charge in [0.15, 0.2) is 0 Å². The highest BCUT2D eigenvalue weighted by molar-refractivity contribution is 9.10. The molecule has 1 amide bonds. The van der Waals surface area contributed by atoms with Crippen molar-refractivity contribution >= 4 is 27.5 Å². The van der Waals surface area contributed by atoms with Gasteiger partial charge in [0.25, 0.3) is 0 Å². The molecule has 0 aliphatic carbocycles. The third-order valence-electron chi connectivity index (χ3n) is 2.41. The van der Waals surface area contributed by atoms with E-state index in [2.05, 4.69) is 42.0 Å². The van der Waals surface area contributed by atoms with Crippen LogP contribution < -0.4 is 5.32 Å². The number of benzene rings is 1. The average Bonchev–Trinajstić information content (AvgIpc) is 2.08. The van der Waals surface area contributed by atoms with E-state index >= 15 is 0 Å². The molecule has 0 fully saturated rings. The number of hydrogen-bond donors (Lipinski definition) is 1. The van der Waals surface area contributed by atoms with Crippen LogP contribution >= 0.6 is 15.9 Å². The zero-order valence-electron chi connectivity index (χ0n) is 10.4. The number of carbonyl (C=O) groups is 1. The second-order valence-electron chi connectivity index (χ2n) is 5.05. The summed E-state index contributed by atoms with van der Waals surface area (Å²) in [5.41, 5.74) is 3.14. The number of rotatable bonds is 1. The summed E-state index contributed by atoms with van der Waals surface area (Å²) in [5.74, 6) is -0.0355. The van der Waals surface area contributed by atoms with Crippen molar-refractivity contribution in [3.8, 4) is 0 Å². The van der Waals surface area contributed by atoms with E-state index in [-0.39, 0.29) is 11.3 Å². The molecule has 1 rings (SSSR count). The van der Waals surface area contributed by atoms with Gasteiger partial charge in [-0.2, -0.15) is 0 Å². The SMILES string of the molecule is CC(=O)Nc1c(C)ccc(Br)c1C(C)(C)C. The van der Waals surface area contributed by atoms with E-state index in [1.54, 1.807) is 0 Å². The normalized spacial score (nSPS) is 11.4. The maximum Gasteiger partial charge on any atom is 0.221 e. The topological polar surface area (TPSA) is 29.1 Å². The number of aryl methyl sites for hydroxylation is 1. The van der Waals surface area contributed by atoms with Crippen LogP contribution in [0.4, 0.5) is 5.69 Å². The van der Waals surface area contributed by atoms with Gasteiger partial charge in [0.05, 0.1) is 0 Å². The molecule has 0 unspecified atom stereocenters. The van der Waals surface area contributed by atoms with Gasteiger partial charge in [-0.3, -0.25) is 4.79 Å². The first kappa shape index (κ1) is 13.2. The molecular weight excluding hydrogens is 266 g/mol. The highest BCUT2D eigenvalue weighted by atomic mass is 79.9. The van der Waals surface area contributed by atoms with Crippen molar-refractivity contribution in [2.24, 2.45) is 0 Å². The third-order valence-corrected chi connectivity index (χ3v) is 3.07. The van der Waals surface area contributed by atoms with Crippen LogP contribution in [-0.2, 0) is 10.2 Å². The molecule has 1 aromatic carbocycles. The lowest BCUT2D eigenvalue weighted by Crippen LogP contribution is -2.18. The van der Waals surface area contributed by atoms with Crippen LogP contribution in [0.5, 0.6) is 0 Å². The lowest BCUT2D eigenvalue weighted by Gasteiger charge is -2.26. The van der Waals surface area contributed by atoms with Crippen LogP contribution in [0.3, 0.4) is 0 Å². The summed E-state index contributed by atoms with van der Waals surface area (Å²) in [6, 6.07) is 4.03. The Balaban J connectivity index is 3.43. The molecule has 0 atom stereocenters. The van der Waals surface area contributed by atoms with E-state index in [1.165, 1.54) is 6.92 Å². The summed E-state index contributed by atoms with van der Waals surface area (Å²) in [5, 5.41) is 2.92. The van der Waals surface area contributed by atoms with Crippen LogP contribution in [0.15, 0.2) is 16.6 Å². The maximum atomic E-state index is 11.2. The molecular formula is C13H18BrNO. The number of hydrogen-bond acceptors (Lipinski definition) is 1. The minimum Gasteiger partial charge on any atom is -0.326 e. The second-order valence-corrected chi connectivity index (χ2v) is 5.90. The van der Waals surface area contributed by atoms with Crippen LogP contribution in [0.2, 0.25) is 0 Å². The summed E-state index contributed by atoms with van der Waals surface area (Å²) >= 11 is 3.56. The summed E-state index contributed by atoms with van der Waals surface area (Å²) in [6.45, 7) is 9.95. The molecule has 2 nitrogen and oxygen atoms in total. The molecule has 0 radical (unpaired) electrons. The fourth-order valence-electron chi connectivity index (χ4n) is 1.75. The first-order valence-electron chi connectivity index (χ1n) is 5.30. The standard InChI is InChI=1S/C13H18BrNO/c1-8-6-7-10(14)11(13(3,4)5)12(8)15-9(2)16/h6-7H,1-5H3,(H,15,16). The van der Waals surface area contributed by atoms with E-state index in [1.807, 2.05) is 19.1 Å². The Morgan fingerprint density at radius 3 is 2.31 bits per heavy atom. The lowest BCUT2D eigenvalue weighted by atomic mass is 9.84. The van der Waals surface area contributed by atoms with E-state index in [0.29, 0.717) is 0 Å². The van der Waals surface area contributed by atoms with Crippen molar-refractivity contribution in [3.05, 3.63) is 27.7 Å². The number of nitrogens with one attached hydrogen (secondary N) is 1. The van der Waals surface area contributed by atoms with Gasteiger partial charge >= 0.3 is 0 Å². The van der Waals surface area contributed by atoms with Crippen molar-refractivity contribution in [1.29, 1.82) is 0 Å². The van der Waals surface area contributed by atoms with Gasteiger partial charge in [0.2, 0.25) is 5.91 Å². The quantitative estimate of drug-likeness (QED) is 0.829. The summed E-state index contributed by atoms with van der Waals surface area (Å²) in [7, 11) is 0. The van der Waals surface area contributed by atoms with Gasteiger partial charge in [-0.15, -0.1) is 0 Å². The number of halogens is 1. The predicted molar refractivity (Wildman–Crippen MR) is 71.9 cm³/mol. The minimum atomic E-state index is -0.0355. The Labute approximate surface area is 106 Å².